The molecule has 1 aliphatic heterocycles. The van der Waals surface area contributed by atoms with Gasteiger partial charge in [-0.05, 0) is 18.2 Å². The van der Waals surface area contributed by atoms with Gasteiger partial charge >= 0.3 is 5.97 Å². The zero-order chi connectivity index (χ0) is 16.8. The predicted octanol–water partition coefficient (Wildman–Crippen LogP) is 3.82. The molecule has 2 aromatic carbocycles. The number of nitrogens with zero attached hydrogens (tertiary/aromatic N) is 2. The monoisotopic (exact) mass is 349 g/mol. The highest BCUT2D eigenvalue weighted by atomic mass is 32.1. The second kappa shape index (κ2) is 5.60. The summed E-state index contributed by atoms with van der Waals surface area (Å²) in [6.07, 6.45) is 1.63. The fourth-order valence-electron chi connectivity index (χ4n) is 3.12. The number of ether oxygens (including phenoxy) is 1. The van der Waals surface area contributed by atoms with E-state index in [1.807, 2.05) is 42.5 Å². The van der Waals surface area contributed by atoms with Crippen LogP contribution in [-0.4, -0.2) is 35.1 Å². The molecule has 3 heterocycles. The number of aromatic nitrogens is 2. The molecule has 6 heteroatoms. The molecule has 5 rings (SSSR count). The van der Waals surface area contributed by atoms with Crippen LogP contribution in [0.5, 0.6) is 0 Å². The minimum Gasteiger partial charge on any atom is -0.455 e. The Hall–Kier alpha value is -2.86. The van der Waals surface area contributed by atoms with Gasteiger partial charge in [-0.15, -0.1) is 0 Å². The van der Waals surface area contributed by atoms with Gasteiger partial charge in [0.25, 0.3) is 0 Å². The quantitative estimate of drug-likeness (QED) is 0.571. The van der Waals surface area contributed by atoms with E-state index < -0.39 is 0 Å². The average Bonchev–Trinajstić information content (AvgIpc) is 3.21. The number of carbonyl (C=O) groups is 1. The Morgan fingerprint density at radius 1 is 1.16 bits per heavy atom. The lowest BCUT2D eigenvalue weighted by Crippen LogP contribution is -2.53. The topological polar surface area (TPSA) is 58.2 Å². The second-order valence-electron chi connectivity index (χ2n) is 6.14. The average molecular weight is 349 g/mol. The molecule has 0 saturated carbocycles. The van der Waals surface area contributed by atoms with Gasteiger partial charge < -0.3 is 14.6 Å². The number of hydrogen-bond acceptors (Lipinski definition) is 5. The first-order chi connectivity index (χ1) is 12.3. The van der Waals surface area contributed by atoms with Gasteiger partial charge in [0, 0.05) is 17.1 Å². The third-order valence-corrected chi connectivity index (χ3v) is 5.58. The molecule has 4 aromatic rings. The molecular formula is C19H15N3O2S. The lowest BCUT2D eigenvalue weighted by Gasteiger charge is -2.38. The van der Waals surface area contributed by atoms with Crippen molar-refractivity contribution >= 4 is 43.6 Å². The number of hydrogen-bond donors (Lipinski definition) is 1. The molecule has 0 amide bonds. The number of H-pyrrole nitrogens is 1. The van der Waals surface area contributed by atoms with Crippen LogP contribution in [0.4, 0.5) is 5.13 Å². The van der Waals surface area contributed by atoms with Crippen molar-refractivity contribution in [2.24, 2.45) is 0 Å². The molecule has 1 fully saturated rings. The Bertz CT molecular complexity index is 1050. The van der Waals surface area contributed by atoms with Crippen molar-refractivity contribution in [1.82, 2.24) is 9.97 Å². The first-order valence-corrected chi connectivity index (χ1v) is 8.97. The van der Waals surface area contributed by atoms with Crippen molar-refractivity contribution in [3.05, 3.63) is 60.3 Å². The number of rotatable bonds is 3. The van der Waals surface area contributed by atoms with Crippen molar-refractivity contribution in [3.8, 4) is 0 Å². The van der Waals surface area contributed by atoms with Crippen LogP contribution in [0.1, 0.15) is 10.4 Å². The first-order valence-electron chi connectivity index (χ1n) is 8.15. The maximum absolute atomic E-state index is 12.4. The van der Waals surface area contributed by atoms with Crippen LogP contribution in [0.25, 0.3) is 21.1 Å². The van der Waals surface area contributed by atoms with Crippen LogP contribution in [0.15, 0.2) is 54.7 Å². The Labute approximate surface area is 147 Å². The third-order valence-electron chi connectivity index (χ3n) is 4.48. The van der Waals surface area contributed by atoms with Gasteiger partial charge in [0.05, 0.1) is 28.9 Å². The van der Waals surface area contributed by atoms with Crippen molar-refractivity contribution in [3.63, 3.8) is 0 Å². The molecule has 0 aliphatic carbocycles. The number of fused-ring (bicyclic) bond motifs is 2. The van der Waals surface area contributed by atoms with Crippen molar-refractivity contribution in [1.29, 1.82) is 0 Å². The fourth-order valence-corrected chi connectivity index (χ4v) is 4.10. The lowest BCUT2D eigenvalue weighted by atomic mass is 10.1. The predicted molar refractivity (Wildman–Crippen MR) is 99.3 cm³/mol. The van der Waals surface area contributed by atoms with Gasteiger partial charge in [-0.3, -0.25) is 0 Å². The smallest absolute Gasteiger partial charge is 0.340 e. The van der Waals surface area contributed by atoms with E-state index in [9.17, 15) is 4.79 Å². The lowest BCUT2D eigenvalue weighted by molar-refractivity contribution is 0.0237. The number of benzene rings is 2. The van der Waals surface area contributed by atoms with E-state index in [2.05, 4.69) is 20.9 Å². The molecule has 1 saturated heterocycles. The summed E-state index contributed by atoms with van der Waals surface area (Å²) in [5.41, 5.74) is 2.55. The molecule has 5 nitrogen and oxygen atoms in total. The van der Waals surface area contributed by atoms with Gasteiger partial charge in [0.15, 0.2) is 5.13 Å². The summed E-state index contributed by atoms with van der Waals surface area (Å²) < 4.78 is 6.82. The van der Waals surface area contributed by atoms with Crippen molar-refractivity contribution in [2.75, 3.05) is 18.0 Å². The summed E-state index contributed by atoms with van der Waals surface area (Å²) in [7, 11) is 0. The van der Waals surface area contributed by atoms with Crippen LogP contribution in [0.3, 0.4) is 0 Å². The van der Waals surface area contributed by atoms with Crippen molar-refractivity contribution in [2.45, 2.75) is 6.10 Å². The molecule has 0 spiro atoms. The first kappa shape index (κ1) is 14.5. The summed E-state index contributed by atoms with van der Waals surface area (Å²) in [5.74, 6) is -0.272. The molecule has 0 unspecified atom stereocenters. The zero-order valence-corrected chi connectivity index (χ0v) is 14.1. The maximum atomic E-state index is 12.4. The largest absolute Gasteiger partial charge is 0.455 e. The normalized spacial score (nSPS) is 14.8. The summed E-state index contributed by atoms with van der Waals surface area (Å²) in [6.45, 7) is 1.38. The highest BCUT2D eigenvalue weighted by Gasteiger charge is 2.32. The number of esters is 1. The Morgan fingerprint density at radius 3 is 2.84 bits per heavy atom. The summed E-state index contributed by atoms with van der Waals surface area (Å²) in [4.78, 5) is 22.3. The van der Waals surface area contributed by atoms with Gasteiger partial charge in [-0.1, -0.05) is 41.7 Å². The van der Waals surface area contributed by atoms with E-state index >= 15 is 0 Å². The van der Waals surface area contributed by atoms with Crippen LogP contribution in [0.2, 0.25) is 0 Å². The summed E-state index contributed by atoms with van der Waals surface area (Å²) >= 11 is 1.67. The number of para-hydroxylation sites is 2. The second-order valence-corrected chi connectivity index (χ2v) is 7.15. The van der Waals surface area contributed by atoms with Gasteiger partial charge in [-0.25, -0.2) is 9.78 Å². The minimum absolute atomic E-state index is 0.0897. The summed E-state index contributed by atoms with van der Waals surface area (Å²) in [5, 5.41) is 1.88. The fraction of sp³-hybridized carbons (Fsp3) is 0.158. The highest BCUT2D eigenvalue weighted by Crippen LogP contribution is 2.32. The Morgan fingerprint density at radius 2 is 1.96 bits per heavy atom. The van der Waals surface area contributed by atoms with E-state index in [0.29, 0.717) is 18.7 Å². The molecular weight excluding hydrogens is 334 g/mol. The Kier molecular flexibility index (Phi) is 3.24. The molecule has 0 radical (unpaired) electrons. The van der Waals surface area contributed by atoms with Gasteiger partial charge in [-0.2, -0.15) is 0 Å². The van der Waals surface area contributed by atoms with E-state index in [-0.39, 0.29) is 12.1 Å². The molecule has 0 bridgehead atoms. The Balaban J connectivity index is 1.27. The molecule has 1 aliphatic rings. The molecule has 25 heavy (non-hydrogen) atoms. The summed E-state index contributed by atoms with van der Waals surface area (Å²) in [6, 6.07) is 15.8. The van der Waals surface area contributed by atoms with Crippen LogP contribution >= 0.6 is 11.3 Å². The number of nitrogens with one attached hydrogen (secondary N) is 1. The standard InChI is InChI=1S/C19H15N3O2S/c23-18(14-9-20-15-6-2-1-5-13(14)15)24-12-10-22(11-12)19-21-16-7-3-4-8-17(16)25-19/h1-9,12,20H,10-11H2. The van der Waals surface area contributed by atoms with Gasteiger partial charge in [0.1, 0.15) is 6.10 Å². The number of aromatic amines is 1. The molecule has 1 N–H and O–H groups in total. The molecule has 2 aromatic heterocycles. The minimum atomic E-state index is -0.272. The van der Waals surface area contributed by atoms with E-state index in [1.54, 1.807) is 17.5 Å². The van der Waals surface area contributed by atoms with Crippen LogP contribution in [-0.2, 0) is 4.74 Å². The number of carbonyl (C=O) groups excluding carboxylic acids is 1. The van der Waals surface area contributed by atoms with E-state index in [4.69, 9.17) is 4.74 Å². The zero-order valence-electron chi connectivity index (χ0n) is 13.3. The SMILES string of the molecule is O=C(OC1CN(c2nc3ccccc3s2)C1)c1c[nH]c2ccccc12. The van der Waals surface area contributed by atoms with Crippen molar-refractivity contribution < 1.29 is 9.53 Å². The maximum Gasteiger partial charge on any atom is 0.340 e. The highest BCUT2D eigenvalue weighted by molar-refractivity contribution is 7.22. The van der Waals surface area contributed by atoms with Crippen LogP contribution < -0.4 is 4.90 Å². The number of thiazole rings is 1. The van der Waals surface area contributed by atoms with Gasteiger partial charge in [0.2, 0.25) is 0 Å². The third kappa shape index (κ3) is 2.46. The van der Waals surface area contributed by atoms with E-state index in [0.717, 1.165) is 21.6 Å². The van der Waals surface area contributed by atoms with E-state index in [1.165, 1.54) is 4.70 Å². The van der Waals surface area contributed by atoms with Crippen LogP contribution in [0, 0.1) is 0 Å². The number of anilines is 1. The molecule has 0 atom stereocenters. The molecule has 124 valence electrons.